The molecule has 0 spiro atoms. The summed E-state index contributed by atoms with van der Waals surface area (Å²) in [6.45, 7) is 5.22. The fraction of sp³-hybridized carbons (Fsp3) is 0.462. The van der Waals surface area contributed by atoms with Crippen LogP contribution in [0.25, 0.3) is 0 Å². The lowest BCUT2D eigenvalue weighted by Gasteiger charge is -2.36. The first-order valence-electron chi connectivity index (χ1n) is 5.82. The van der Waals surface area contributed by atoms with Crippen LogP contribution in [0.4, 0.5) is 5.69 Å². The van der Waals surface area contributed by atoms with Crippen molar-refractivity contribution in [1.82, 2.24) is 0 Å². The lowest BCUT2D eigenvalue weighted by molar-refractivity contribution is 0.457. The second kappa shape index (κ2) is 4.16. The number of aliphatic imine (C=N–C) groups is 1. The zero-order valence-electron chi connectivity index (χ0n) is 9.98. The molecule has 86 valence electrons. The number of para-hydroxylation sites is 1. The molecule has 0 bridgehead atoms. The van der Waals surface area contributed by atoms with Crippen molar-refractivity contribution in [2.75, 3.05) is 11.4 Å². The largest absolute Gasteiger partial charge is 0.369 e. The van der Waals surface area contributed by atoms with E-state index in [1.807, 2.05) is 18.2 Å². The summed E-state index contributed by atoms with van der Waals surface area (Å²) in [5, 5.41) is 0. The molecule has 2 rings (SSSR count). The van der Waals surface area contributed by atoms with Crippen LogP contribution in [0.1, 0.15) is 26.7 Å². The van der Waals surface area contributed by atoms with Crippen LogP contribution in [-0.4, -0.2) is 18.0 Å². The molecule has 1 aliphatic rings. The Labute approximate surface area is 97.0 Å². The van der Waals surface area contributed by atoms with E-state index in [4.69, 9.17) is 5.73 Å². The van der Waals surface area contributed by atoms with Crippen LogP contribution >= 0.6 is 0 Å². The molecule has 2 N–H and O–H groups in total. The van der Waals surface area contributed by atoms with Gasteiger partial charge in [-0.05, 0) is 25.5 Å². The van der Waals surface area contributed by atoms with Crippen LogP contribution in [0.3, 0.4) is 0 Å². The molecule has 1 aromatic carbocycles. The van der Waals surface area contributed by atoms with Crippen LogP contribution < -0.4 is 10.6 Å². The molecule has 1 unspecified atom stereocenters. The molecule has 1 atom stereocenters. The topological polar surface area (TPSA) is 41.6 Å². The van der Waals surface area contributed by atoms with Gasteiger partial charge < -0.3 is 10.6 Å². The van der Waals surface area contributed by atoms with Crippen LogP contribution in [0.15, 0.2) is 35.3 Å². The number of hydrogen-bond donors (Lipinski definition) is 1. The van der Waals surface area contributed by atoms with Gasteiger partial charge in [-0.15, -0.1) is 0 Å². The maximum atomic E-state index is 5.99. The average molecular weight is 217 g/mol. The smallest absolute Gasteiger partial charge is 0.196 e. The van der Waals surface area contributed by atoms with Gasteiger partial charge in [-0.3, -0.25) is 4.99 Å². The highest BCUT2D eigenvalue weighted by atomic mass is 15.4. The minimum absolute atomic E-state index is 0.0419. The fourth-order valence-corrected chi connectivity index (χ4v) is 2.42. The molecule has 0 saturated heterocycles. The minimum atomic E-state index is 0.0419. The first kappa shape index (κ1) is 11.0. The summed E-state index contributed by atoms with van der Waals surface area (Å²) in [5.74, 6) is 0.641. The molecular weight excluding hydrogens is 198 g/mol. The van der Waals surface area contributed by atoms with Crippen molar-refractivity contribution in [3.8, 4) is 0 Å². The normalized spacial score (nSPS) is 24.6. The molecule has 3 nitrogen and oxygen atoms in total. The minimum Gasteiger partial charge on any atom is -0.369 e. The van der Waals surface area contributed by atoms with E-state index in [-0.39, 0.29) is 5.54 Å². The van der Waals surface area contributed by atoms with Gasteiger partial charge in [0.05, 0.1) is 12.1 Å². The van der Waals surface area contributed by atoms with Crippen molar-refractivity contribution in [3.63, 3.8) is 0 Å². The average Bonchev–Trinajstić information content (AvgIpc) is 2.56. The Morgan fingerprint density at radius 2 is 2.06 bits per heavy atom. The molecule has 3 heteroatoms. The highest BCUT2D eigenvalue weighted by molar-refractivity contribution is 5.98. The van der Waals surface area contributed by atoms with Crippen LogP contribution in [0, 0.1) is 0 Å². The molecule has 0 aliphatic carbocycles. The molecule has 1 heterocycles. The van der Waals surface area contributed by atoms with E-state index < -0.39 is 0 Å². The Hall–Kier alpha value is -1.51. The lowest BCUT2D eigenvalue weighted by Crippen LogP contribution is -2.49. The zero-order chi connectivity index (χ0) is 11.6. The van der Waals surface area contributed by atoms with E-state index >= 15 is 0 Å². The van der Waals surface area contributed by atoms with Gasteiger partial charge in [0.25, 0.3) is 0 Å². The van der Waals surface area contributed by atoms with Crippen molar-refractivity contribution < 1.29 is 0 Å². The molecule has 0 amide bonds. The van der Waals surface area contributed by atoms with Gasteiger partial charge in [0.1, 0.15) is 0 Å². The van der Waals surface area contributed by atoms with Crippen molar-refractivity contribution >= 4 is 11.6 Å². The van der Waals surface area contributed by atoms with E-state index in [1.54, 1.807) is 0 Å². The molecule has 16 heavy (non-hydrogen) atoms. The van der Waals surface area contributed by atoms with E-state index in [0.29, 0.717) is 5.96 Å². The van der Waals surface area contributed by atoms with Crippen molar-refractivity contribution in [2.45, 2.75) is 32.2 Å². The quantitative estimate of drug-likeness (QED) is 0.844. The number of hydrogen-bond acceptors (Lipinski definition) is 3. The van der Waals surface area contributed by atoms with Crippen molar-refractivity contribution in [1.29, 1.82) is 0 Å². The second-order valence-electron chi connectivity index (χ2n) is 4.59. The Morgan fingerprint density at radius 3 is 2.69 bits per heavy atom. The SMILES string of the molecule is CCCC1(C)CN=C(N)N1c1ccccc1. The predicted octanol–water partition coefficient (Wildman–Crippen LogP) is 2.38. The summed E-state index contributed by atoms with van der Waals surface area (Å²) in [6.07, 6.45) is 2.24. The summed E-state index contributed by atoms with van der Waals surface area (Å²) >= 11 is 0. The fourth-order valence-electron chi connectivity index (χ4n) is 2.42. The van der Waals surface area contributed by atoms with Gasteiger partial charge in [-0.1, -0.05) is 31.5 Å². The number of guanidine groups is 1. The molecular formula is C13H19N3. The van der Waals surface area contributed by atoms with E-state index in [1.165, 1.54) is 0 Å². The number of benzene rings is 1. The molecule has 0 aromatic heterocycles. The van der Waals surface area contributed by atoms with E-state index in [9.17, 15) is 0 Å². The van der Waals surface area contributed by atoms with Crippen molar-refractivity contribution in [3.05, 3.63) is 30.3 Å². The first-order chi connectivity index (χ1) is 7.67. The molecule has 0 saturated carbocycles. The Kier molecular flexibility index (Phi) is 2.86. The van der Waals surface area contributed by atoms with Gasteiger partial charge in [-0.2, -0.15) is 0 Å². The summed E-state index contributed by atoms with van der Waals surface area (Å²) in [7, 11) is 0. The van der Waals surface area contributed by atoms with Gasteiger partial charge in [0.15, 0.2) is 5.96 Å². The third-order valence-corrected chi connectivity index (χ3v) is 3.15. The van der Waals surface area contributed by atoms with E-state index in [0.717, 1.165) is 25.1 Å². The Bertz CT molecular complexity index is 385. The number of anilines is 1. The van der Waals surface area contributed by atoms with Crippen LogP contribution in [0.5, 0.6) is 0 Å². The first-order valence-corrected chi connectivity index (χ1v) is 5.82. The second-order valence-corrected chi connectivity index (χ2v) is 4.59. The molecule has 0 radical (unpaired) electrons. The molecule has 1 aromatic rings. The van der Waals surface area contributed by atoms with Crippen molar-refractivity contribution in [2.24, 2.45) is 10.7 Å². The summed E-state index contributed by atoms with van der Waals surface area (Å²) < 4.78 is 0. The van der Waals surface area contributed by atoms with Gasteiger partial charge in [0.2, 0.25) is 0 Å². The van der Waals surface area contributed by atoms with Gasteiger partial charge in [0, 0.05) is 5.69 Å². The number of nitrogens with zero attached hydrogens (tertiary/aromatic N) is 2. The monoisotopic (exact) mass is 217 g/mol. The van der Waals surface area contributed by atoms with E-state index in [2.05, 4.69) is 35.9 Å². The lowest BCUT2D eigenvalue weighted by atomic mass is 9.94. The summed E-state index contributed by atoms with van der Waals surface area (Å²) in [5.41, 5.74) is 7.17. The molecule has 0 fully saturated rings. The molecule has 1 aliphatic heterocycles. The summed E-state index contributed by atoms with van der Waals surface area (Å²) in [6, 6.07) is 10.3. The standard InChI is InChI=1S/C13H19N3/c1-3-9-13(2)10-15-12(14)16(13)11-7-5-4-6-8-11/h4-8H,3,9-10H2,1-2H3,(H2,14,15). The third kappa shape index (κ3) is 1.77. The van der Waals surface area contributed by atoms with Gasteiger partial charge in [-0.25, -0.2) is 0 Å². The highest BCUT2D eigenvalue weighted by Gasteiger charge is 2.37. The zero-order valence-corrected chi connectivity index (χ0v) is 9.98. The maximum Gasteiger partial charge on any atom is 0.196 e. The number of rotatable bonds is 3. The van der Waals surface area contributed by atoms with Crippen LogP contribution in [-0.2, 0) is 0 Å². The summed E-state index contributed by atoms with van der Waals surface area (Å²) in [4.78, 5) is 6.55. The van der Waals surface area contributed by atoms with Crippen LogP contribution in [0.2, 0.25) is 0 Å². The third-order valence-electron chi connectivity index (χ3n) is 3.15. The maximum absolute atomic E-state index is 5.99. The Balaban J connectivity index is 2.33. The Morgan fingerprint density at radius 1 is 1.38 bits per heavy atom. The highest BCUT2D eigenvalue weighted by Crippen LogP contribution is 2.31. The predicted molar refractivity (Wildman–Crippen MR) is 68.7 cm³/mol. The number of nitrogens with two attached hydrogens (primary N) is 1. The van der Waals surface area contributed by atoms with Gasteiger partial charge >= 0.3 is 0 Å².